The van der Waals surface area contributed by atoms with E-state index in [9.17, 15) is 54.6 Å². The largest absolute Gasteiger partial charge is 0.454 e. The Morgan fingerprint density at radius 3 is 1.64 bits per heavy atom. The van der Waals surface area contributed by atoms with Crippen LogP contribution in [0.5, 0.6) is 0 Å². The van der Waals surface area contributed by atoms with Gasteiger partial charge < -0.3 is 24.2 Å². The smallest absolute Gasteiger partial charge is 0.372 e. The summed E-state index contributed by atoms with van der Waals surface area (Å²) >= 11 is 3.42. The van der Waals surface area contributed by atoms with E-state index in [1.54, 1.807) is 23.0 Å². The fraction of sp³-hybridized carbons (Fsp3) is 0.109. The van der Waals surface area contributed by atoms with E-state index < -0.39 is 57.4 Å². The Hall–Kier alpha value is -7.65. The lowest BCUT2D eigenvalue weighted by Gasteiger charge is -2.31. The molecule has 3 N–H and O–H groups in total. The van der Waals surface area contributed by atoms with Crippen molar-refractivity contribution < 1.29 is 45.0 Å². The van der Waals surface area contributed by atoms with Gasteiger partial charge in [-0.2, -0.15) is 36.5 Å². The van der Waals surface area contributed by atoms with Gasteiger partial charge in [-0.3, -0.25) is 14.4 Å². The third kappa shape index (κ3) is 8.53. The number of pyridine rings is 2. The SMILES string of the molecule is Cn1ccc2c(C(=O)C(F)(F)F)c[nH]c2c1=O.Cn1ccc2c(C(O)(c3ccc4c(cnn4-c4ccc(F)cc4)c3)C(F)(F)F)c[nH]c2c1=O.Fc1ccc(-n2ncc3cc(Br)ccc32)cc1. The van der Waals surface area contributed by atoms with Crippen LogP contribution in [0, 0.1) is 11.6 Å². The van der Waals surface area contributed by atoms with Crippen molar-refractivity contribution in [2.75, 3.05) is 0 Å². The normalized spacial score (nSPS) is 12.8. The van der Waals surface area contributed by atoms with Gasteiger partial charge in [-0.25, -0.2) is 18.1 Å². The number of alkyl halides is 6. The maximum absolute atomic E-state index is 14.4. The molecule has 6 heterocycles. The molecule has 0 saturated heterocycles. The predicted molar refractivity (Wildman–Crippen MR) is 236 cm³/mol. The maximum Gasteiger partial charge on any atom is 0.454 e. The van der Waals surface area contributed by atoms with Crippen LogP contribution in [0.2, 0.25) is 0 Å². The van der Waals surface area contributed by atoms with Gasteiger partial charge >= 0.3 is 12.4 Å². The third-order valence-corrected chi connectivity index (χ3v) is 11.3. The van der Waals surface area contributed by atoms with Gasteiger partial charge in [0.1, 0.15) is 22.7 Å². The summed E-state index contributed by atoms with van der Waals surface area (Å²) in [5.74, 6) is -2.63. The van der Waals surface area contributed by atoms with Crippen LogP contribution in [-0.4, -0.2) is 61.9 Å². The highest BCUT2D eigenvalue weighted by atomic mass is 79.9. The molecule has 10 aromatic rings. The first-order valence-electron chi connectivity index (χ1n) is 19.6. The highest BCUT2D eigenvalue weighted by Crippen LogP contribution is 2.47. The summed E-state index contributed by atoms with van der Waals surface area (Å²) < 4.78 is 113. The Morgan fingerprint density at radius 1 is 0.642 bits per heavy atom. The van der Waals surface area contributed by atoms with Crippen LogP contribution in [-0.2, 0) is 19.7 Å². The number of halogens is 9. The number of carbonyl (C=O) groups excluding carboxylic acids is 1. The molecule has 0 aliphatic heterocycles. The molecule has 0 spiro atoms. The second-order valence-corrected chi connectivity index (χ2v) is 15.9. The highest BCUT2D eigenvalue weighted by molar-refractivity contribution is 9.10. The minimum atomic E-state index is -5.09. The number of hydrogen-bond donors (Lipinski definition) is 3. The van der Waals surface area contributed by atoms with Crippen LogP contribution >= 0.6 is 15.9 Å². The van der Waals surface area contributed by atoms with E-state index in [1.165, 1.54) is 107 Å². The van der Waals surface area contributed by atoms with Crippen molar-refractivity contribution in [1.29, 1.82) is 0 Å². The molecule has 6 aromatic heterocycles. The predicted octanol–water partition coefficient (Wildman–Crippen LogP) is 9.68. The lowest BCUT2D eigenvalue weighted by molar-refractivity contribution is -0.247. The van der Waals surface area contributed by atoms with Crippen molar-refractivity contribution in [3.8, 4) is 11.4 Å². The molecule has 0 radical (unpaired) electrons. The average molecular weight is 992 g/mol. The molecule has 4 aromatic carbocycles. The minimum Gasteiger partial charge on any atom is -0.372 e. The molecule has 10 rings (SSSR count). The first-order chi connectivity index (χ1) is 31.7. The summed E-state index contributed by atoms with van der Waals surface area (Å²) in [6.45, 7) is 0. The number of rotatable bonds is 5. The lowest BCUT2D eigenvalue weighted by atomic mass is 9.85. The molecule has 21 heteroatoms. The van der Waals surface area contributed by atoms with Crippen LogP contribution in [0.25, 0.3) is 55.0 Å². The Bertz CT molecular complexity index is 3610. The second kappa shape index (κ2) is 17.3. The lowest BCUT2D eigenvalue weighted by Crippen LogP contribution is -2.43. The first kappa shape index (κ1) is 45.9. The minimum absolute atomic E-state index is 0.0115. The Balaban J connectivity index is 0.000000150. The second-order valence-electron chi connectivity index (χ2n) is 15.0. The Labute approximate surface area is 379 Å². The van der Waals surface area contributed by atoms with E-state index in [4.69, 9.17) is 0 Å². The number of aromatic nitrogens is 8. The Kier molecular flexibility index (Phi) is 11.8. The van der Waals surface area contributed by atoms with Gasteiger partial charge in [0.25, 0.3) is 16.9 Å². The molecular weight excluding hydrogens is 960 g/mol. The monoisotopic (exact) mass is 990 g/mol. The van der Waals surface area contributed by atoms with Crippen molar-refractivity contribution in [2.45, 2.75) is 18.0 Å². The topological polar surface area (TPSA) is 149 Å². The van der Waals surface area contributed by atoms with Crippen molar-refractivity contribution in [3.63, 3.8) is 0 Å². The zero-order valence-electron chi connectivity index (χ0n) is 34.5. The number of hydrogen-bond acceptors (Lipinski definition) is 6. The summed E-state index contributed by atoms with van der Waals surface area (Å²) in [7, 11) is 2.94. The Morgan fingerprint density at radius 2 is 1.12 bits per heavy atom. The zero-order valence-corrected chi connectivity index (χ0v) is 36.0. The number of aromatic amines is 2. The molecule has 0 fully saturated rings. The van der Waals surface area contributed by atoms with Gasteiger partial charge in [0.2, 0.25) is 5.60 Å². The van der Waals surface area contributed by atoms with E-state index in [2.05, 4.69) is 36.1 Å². The molecule has 0 aliphatic carbocycles. The van der Waals surface area contributed by atoms with Gasteiger partial charge in [0.05, 0.1) is 40.4 Å². The maximum atomic E-state index is 14.4. The zero-order chi connectivity index (χ0) is 48.2. The molecular formula is C46H31BrF8N8O4. The molecule has 0 amide bonds. The van der Waals surface area contributed by atoms with E-state index >= 15 is 0 Å². The van der Waals surface area contributed by atoms with Crippen molar-refractivity contribution in [2.24, 2.45) is 14.1 Å². The number of H-pyrrole nitrogens is 2. The van der Waals surface area contributed by atoms with Gasteiger partial charge in [-0.05, 0) is 96.6 Å². The van der Waals surface area contributed by atoms with E-state index in [0.717, 1.165) is 39.5 Å². The number of benzene rings is 4. The molecule has 0 aliphatic rings. The first-order valence-corrected chi connectivity index (χ1v) is 20.3. The van der Waals surface area contributed by atoms with Crippen LogP contribution in [0.4, 0.5) is 35.1 Å². The molecule has 12 nitrogen and oxygen atoms in total. The quantitative estimate of drug-likeness (QED) is 0.116. The third-order valence-electron chi connectivity index (χ3n) is 10.8. The highest BCUT2D eigenvalue weighted by Gasteiger charge is 2.57. The average Bonchev–Trinajstić information content (AvgIpc) is 4.11. The van der Waals surface area contributed by atoms with Crippen LogP contribution < -0.4 is 11.1 Å². The fourth-order valence-corrected chi connectivity index (χ4v) is 7.76. The number of ketones is 1. The molecule has 0 saturated carbocycles. The van der Waals surface area contributed by atoms with E-state index in [-0.39, 0.29) is 27.6 Å². The summed E-state index contributed by atoms with van der Waals surface area (Å²) in [5.41, 5.74) is -3.03. The van der Waals surface area contributed by atoms with Gasteiger partial charge in [0.15, 0.2) is 0 Å². The van der Waals surface area contributed by atoms with Crippen molar-refractivity contribution in [1.82, 2.24) is 38.7 Å². The molecule has 342 valence electrons. The van der Waals surface area contributed by atoms with Crippen LogP contribution in [0.3, 0.4) is 0 Å². The van der Waals surface area contributed by atoms with Crippen LogP contribution in [0.15, 0.2) is 148 Å². The number of fused-ring (bicyclic) bond motifs is 4. The molecule has 67 heavy (non-hydrogen) atoms. The number of aryl methyl sites for hydroxylation is 2. The van der Waals surface area contributed by atoms with E-state index in [0.29, 0.717) is 16.6 Å². The number of aliphatic hydroxyl groups is 1. The molecule has 1 unspecified atom stereocenters. The molecule has 1 atom stereocenters. The van der Waals surface area contributed by atoms with Gasteiger partial charge in [0, 0.05) is 70.5 Å². The summed E-state index contributed by atoms with van der Waals surface area (Å²) in [5, 5.41) is 21.0. The summed E-state index contributed by atoms with van der Waals surface area (Å²) in [6, 6.07) is 24.2. The number of nitrogens with one attached hydrogen (secondary N) is 2. The van der Waals surface area contributed by atoms with Crippen molar-refractivity contribution >= 4 is 65.3 Å². The van der Waals surface area contributed by atoms with Gasteiger partial charge in [-0.15, -0.1) is 0 Å². The fourth-order valence-electron chi connectivity index (χ4n) is 7.38. The number of nitrogens with zero attached hydrogens (tertiary/aromatic N) is 6. The molecule has 0 bridgehead atoms. The standard InChI is InChI=1S/C23H16F4N4O2.C13H8BrFN2.C10H7F3N2O2/c1-30-9-8-17-18(12-28-20(17)21(30)32)22(33,23(25,26)27)14-2-7-19-13(10-14)11-29-31(19)16-5-3-15(24)4-6-16;14-10-1-6-13-9(7-10)8-16-17(13)12-4-2-11(15)3-5-12;1-15-3-2-5-6(8(16)10(11,12)13)4-14-7(5)9(15)17/h2-12,28,33H,1H3;1-8H;2-4,14H,1H3. The van der Waals surface area contributed by atoms with Crippen molar-refractivity contribution in [3.05, 3.63) is 188 Å². The number of Topliss-reactive ketones (excluding diaryl/α,β-unsaturated/α-hetero) is 1. The number of carbonyl (C=O) groups is 1. The van der Waals surface area contributed by atoms with Gasteiger partial charge in [-0.1, -0.05) is 22.0 Å². The van der Waals surface area contributed by atoms with Crippen LogP contribution in [0.1, 0.15) is 21.5 Å². The van der Waals surface area contributed by atoms with E-state index in [1.807, 2.05) is 18.2 Å². The summed E-state index contributed by atoms with van der Waals surface area (Å²) in [4.78, 5) is 39.9. The summed E-state index contributed by atoms with van der Waals surface area (Å²) in [6.07, 6.45) is -2.32.